The molecule has 0 saturated carbocycles. The van der Waals surface area contributed by atoms with Crippen LogP contribution >= 0.6 is 15.9 Å². The van der Waals surface area contributed by atoms with Crippen molar-refractivity contribution in [3.05, 3.63) is 40.4 Å². The van der Waals surface area contributed by atoms with Crippen LogP contribution in [-0.4, -0.2) is 9.97 Å². The topological polar surface area (TPSA) is 29.0 Å². The lowest BCUT2D eigenvalue weighted by Crippen LogP contribution is -2.20. The molecule has 4 heteroatoms. The normalized spacial score (nSPS) is 10.1. The summed E-state index contributed by atoms with van der Waals surface area (Å²) in [5.41, 5.74) is 3.53. The van der Waals surface area contributed by atoms with E-state index in [1.807, 2.05) is 32.6 Å². The second-order valence-electron chi connectivity index (χ2n) is 3.81. The van der Waals surface area contributed by atoms with Crippen LogP contribution in [0.1, 0.15) is 25.2 Å². The summed E-state index contributed by atoms with van der Waals surface area (Å²) in [5.74, 6) is 0.623. The van der Waals surface area contributed by atoms with Gasteiger partial charge in [-0.15, -0.1) is 0 Å². The Balaban J connectivity index is 3.32. The molecule has 0 radical (unpaired) electrons. The quantitative estimate of drug-likeness (QED) is 0.845. The third-order valence-electron chi connectivity index (χ3n) is 2.13. The Hall–Kier alpha value is -1.16. The highest BCUT2D eigenvalue weighted by Crippen LogP contribution is 2.24. The number of allylic oxidation sites excluding steroid dienone is 2. The molecule has 0 atom stereocenters. The van der Waals surface area contributed by atoms with Gasteiger partial charge in [-0.2, -0.15) is 0 Å². The van der Waals surface area contributed by atoms with Gasteiger partial charge in [0.2, 0.25) is 5.95 Å². The van der Waals surface area contributed by atoms with Crippen molar-refractivity contribution in [2.45, 2.75) is 27.7 Å². The van der Waals surface area contributed by atoms with Gasteiger partial charge in [0, 0.05) is 11.4 Å². The number of aromatic nitrogens is 2. The number of nitrogens with zero attached hydrogens (tertiary/aromatic N) is 3. The number of rotatable bonds is 3. The third kappa shape index (κ3) is 2.50. The van der Waals surface area contributed by atoms with E-state index in [1.54, 1.807) is 0 Å². The summed E-state index contributed by atoms with van der Waals surface area (Å²) in [6.07, 6.45) is 0. The first kappa shape index (κ1) is 12.9. The van der Waals surface area contributed by atoms with Gasteiger partial charge in [-0.25, -0.2) is 9.97 Å². The standard InChI is InChI=1S/C12H16BrN3/c1-7(2)16(8(3)4)12-14-9(5)11(13)10(6)15-12/h1,3H2,2,4-6H3. The minimum Gasteiger partial charge on any atom is -0.289 e. The van der Waals surface area contributed by atoms with E-state index < -0.39 is 0 Å². The average molecular weight is 282 g/mol. The first-order valence-electron chi connectivity index (χ1n) is 4.96. The Bertz CT molecular complexity index is 415. The molecule has 1 aromatic rings. The maximum Gasteiger partial charge on any atom is 0.234 e. The lowest BCUT2D eigenvalue weighted by molar-refractivity contribution is 0.937. The van der Waals surface area contributed by atoms with Gasteiger partial charge in [-0.1, -0.05) is 13.2 Å². The van der Waals surface area contributed by atoms with Gasteiger partial charge in [0.1, 0.15) is 0 Å². The van der Waals surface area contributed by atoms with Crippen molar-refractivity contribution in [3.63, 3.8) is 0 Å². The highest BCUT2D eigenvalue weighted by atomic mass is 79.9. The number of hydrogen-bond donors (Lipinski definition) is 0. The molecule has 0 aliphatic rings. The van der Waals surface area contributed by atoms with Gasteiger partial charge in [-0.3, -0.25) is 4.90 Å². The molecular formula is C12H16BrN3. The fourth-order valence-corrected chi connectivity index (χ4v) is 1.63. The van der Waals surface area contributed by atoms with E-state index in [-0.39, 0.29) is 0 Å². The van der Waals surface area contributed by atoms with E-state index in [4.69, 9.17) is 0 Å². The van der Waals surface area contributed by atoms with Crippen LogP contribution in [0.2, 0.25) is 0 Å². The molecule has 0 aliphatic carbocycles. The van der Waals surface area contributed by atoms with Crippen molar-refractivity contribution in [1.29, 1.82) is 0 Å². The van der Waals surface area contributed by atoms with Crippen LogP contribution in [0.15, 0.2) is 29.0 Å². The molecule has 0 amide bonds. The second kappa shape index (κ2) is 4.78. The van der Waals surface area contributed by atoms with Crippen LogP contribution in [0.5, 0.6) is 0 Å². The molecule has 0 unspecified atom stereocenters. The van der Waals surface area contributed by atoms with Gasteiger partial charge in [0.15, 0.2) is 0 Å². The summed E-state index contributed by atoms with van der Waals surface area (Å²) >= 11 is 3.45. The molecule has 0 aliphatic heterocycles. The first-order valence-corrected chi connectivity index (χ1v) is 5.75. The highest BCUT2D eigenvalue weighted by molar-refractivity contribution is 9.10. The van der Waals surface area contributed by atoms with Crippen molar-refractivity contribution in [1.82, 2.24) is 9.97 Å². The van der Waals surface area contributed by atoms with E-state index >= 15 is 0 Å². The number of halogens is 1. The van der Waals surface area contributed by atoms with E-state index in [0.717, 1.165) is 27.3 Å². The minimum atomic E-state index is 0.623. The van der Waals surface area contributed by atoms with Crippen LogP contribution in [0, 0.1) is 13.8 Å². The molecule has 0 bridgehead atoms. The zero-order valence-corrected chi connectivity index (χ0v) is 11.7. The number of anilines is 1. The zero-order valence-electron chi connectivity index (χ0n) is 10.1. The molecule has 86 valence electrons. The van der Waals surface area contributed by atoms with Gasteiger partial charge < -0.3 is 0 Å². The van der Waals surface area contributed by atoms with Gasteiger partial charge in [-0.05, 0) is 43.6 Å². The highest BCUT2D eigenvalue weighted by Gasteiger charge is 2.14. The van der Waals surface area contributed by atoms with Crippen molar-refractivity contribution in [3.8, 4) is 0 Å². The molecule has 1 rings (SSSR count). The Morgan fingerprint density at radius 3 is 1.75 bits per heavy atom. The molecule has 1 aromatic heterocycles. The van der Waals surface area contributed by atoms with E-state index in [1.165, 1.54) is 0 Å². The molecular weight excluding hydrogens is 266 g/mol. The predicted molar refractivity (Wildman–Crippen MR) is 71.3 cm³/mol. The Labute approximate surface area is 105 Å². The molecule has 0 fully saturated rings. The molecule has 1 heterocycles. The minimum absolute atomic E-state index is 0.623. The fourth-order valence-electron chi connectivity index (χ4n) is 1.45. The van der Waals surface area contributed by atoms with E-state index in [2.05, 4.69) is 39.1 Å². The lowest BCUT2D eigenvalue weighted by Gasteiger charge is -2.23. The fraction of sp³-hybridized carbons (Fsp3) is 0.333. The van der Waals surface area contributed by atoms with Crippen molar-refractivity contribution >= 4 is 21.9 Å². The maximum absolute atomic E-state index is 4.42. The molecule has 0 N–H and O–H groups in total. The molecule has 0 saturated heterocycles. The Morgan fingerprint density at radius 1 is 1.06 bits per heavy atom. The maximum atomic E-state index is 4.42. The Morgan fingerprint density at radius 2 is 1.44 bits per heavy atom. The Kier molecular flexibility index (Phi) is 3.86. The van der Waals surface area contributed by atoms with Crippen molar-refractivity contribution in [2.24, 2.45) is 0 Å². The second-order valence-corrected chi connectivity index (χ2v) is 4.61. The van der Waals surface area contributed by atoms with Crippen molar-refractivity contribution in [2.75, 3.05) is 4.90 Å². The summed E-state index contributed by atoms with van der Waals surface area (Å²) in [4.78, 5) is 10.7. The van der Waals surface area contributed by atoms with Crippen LogP contribution in [0.4, 0.5) is 5.95 Å². The largest absolute Gasteiger partial charge is 0.289 e. The van der Waals surface area contributed by atoms with Crippen LogP contribution in [0.25, 0.3) is 0 Å². The number of aryl methyl sites for hydroxylation is 2. The van der Waals surface area contributed by atoms with E-state index in [0.29, 0.717) is 5.95 Å². The summed E-state index contributed by atoms with van der Waals surface area (Å²) in [6.45, 7) is 15.5. The first-order chi connectivity index (χ1) is 7.34. The smallest absolute Gasteiger partial charge is 0.234 e. The molecule has 16 heavy (non-hydrogen) atoms. The lowest BCUT2D eigenvalue weighted by atomic mass is 10.3. The van der Waals surface area contributed by atoms with Crippen LogP contribution in [-0.2, 0) is 0 Å². The summed E-state index contributed by atoms with van der Waals surface area (Å²) < 4.78 is 0.944. The van der Waals surface area contributed by atoms with Gasteiger partial charge in [0.05, 0.1) is 15.9 Å². The predicted octanol–water partition coefficient (Wildman–Crippen LogP) is 3.73. The zero-order chi connectivity index (χ0) is 12.5. The number of hydrogen-bond acceptors (Lipinski definition) is 3. The van der Waals surface area contributed by atoms with Crippen molar-refractivity contribution < 1.29 is 0 Å². The third-order valence-corrected chi connectivity index (χ3v) is 3.28. The average Bonchev–Trinajstić information content (AvgIpc) is 2.12. The monoisotopic (exact) mass is 281 g/mol. The van der Waals surface area contributed by atoms with Gasteiger partial charge in [0.25, 0.3) is 0 Å². The van der Waals surface area contributed by atoms with Gasteiger partial charge >= 0.3 is 0 Å². The van der Waals surface area contributed by atoms with Crippen LogP contribution in [0.3, 0.4) is 0 Å². The summed E-state index contributed by atoms with van der Waals surface area (Å²) in [5, 5.41) is 0. The molecule has 0 spiro atoms. The SMILES string of the molecule is C=C(C)N(C(=C)C)c1nc(C)c(Br)c(C)n1. The summed E-state index contributed by atoms with van der Waals surface area (Å²) in [6, 6.07) is 0. The summed E-state index contributed by atoms with van der Waals surface area (Å²) in [7, 11) is 0. The molecule has 3 nitrogen and oxygen atoms in total. The van der Waals surface area contributed by atoms with Crippen LogP contribution < -0.4 is 4.90 Å². The molecule has 0 aromatic carbocycles. The van der Waals surface area contributed by atoms with E-state index in [9.17, 15) is 0 Å².